The zero-order valence-corrected chi connectivity index (χ0v) is 13.3. The monoisotopic (exact) mass is 369 g/mol. The first-order valence-electron chi connectivity index (χ1n) is 7.10. The van der Waals surface area contributed by atoms with Gasteiger partial charge in [-0.15, -0.1) is 0 Å². The Morgan fingerprint density at radius 3 is 2.64 bits per heavy atom. The Hall–Kier alpha value is -2.68. The highest BCUT2D eigenvalue weighted by Crippen LogP contribution is 2.29. The van der Waals surface area contributed by atoms with Gasteiger partial charge in [0, 0.05) is 6.54 Å². The Kier molecular flexibility index (Phi) is 4.34. The number of aromatic amines is 2. The smallest absolute Gasteiger partial charge is 0.348 e. The molecule has 130 valence electrons. The number of hydrogen-bond donors (Lipinski definition) is 3. The fourth-order valence-electron chi connectivity index (χ4n) is 2.42. The highest BCUT2D eigenvalue weighted by Gasteiger charge is 2.30. The van der Waals surface area contributed by atoms with Crippen LogP contribution in [-0.4, -0.2) is 15.9 Å². The van der Waals surface area contributed by atoms with E-state index in [9.17, 15) is 22.4 Å². The highest BCUT2D eigenvalue weighted by molar-refractivity contribution is 7.71. The molecular weight excluding hydrogens is 358 g/mol. The second kappa shape index (κ2) is 6.32. The minimum absolute atomic E-state index is 0.00864. The van der Waals surface area contributed by atoms with Crippen LogP contribution in [0.4, 0.5) is 17.6 Å². The van der Waals surface area contributed by atoms with Gasteiger partial charge in [-0.1, -0.05) is 12.1 Å². The lowest BCUT2D eigenvalue weighted by Crippen LogP contribution is -2.23. The zero-order chi connectivity index (χ0) is 18.2. The van der Waals surface area contributed by atoms with Crippen molar-refractivity contribution >= 4 is 29.2 Å². The normalized spacial score (nSPS) is 11.7. The Balaban J connectivity index is 1.83. The summed E-state index contributed by atoms with van der Waals surface area (Å²) in [6.45, 7) is -0.133. The van der Waals surface area contributed by atoms with E-state index in [0.717, 1.165) is 18.2 Å². The van der Waals surface area contributed by atoms with Crippen LogP contribution in [0.15, 0.2) is 36.4 Å². The molecule has 25 heavy (non-hydrogen) atoms. The van der Waals surface area contributed by atoms with Gasteiger partial charge < -0.3 is 15.3 Å². The number of amides is 1. The summed E-state index contributed by atoms with van der Waals surface area (Å²) < 4.78 is 52.0. The largest absolute Gasteiger partial charge is 0.416 e. The van der Waals surface area contributed by atoms with E-state index >= 15 is 0 Å². The third kappa shape index (κ3) is 3.71. The number of carbonyl (C=O) groups excluding carboxylic acids is 1. The van der Waals surface area contributed by atoms with E-state index in [2.05, 4.69) is 15.3 Å². The average molecular weight is 369 g/mol. The molecular formula is C16H11F4N3OS. The van der Waals surface area contributed by atoms with Crippen LogP contribution in [-0.2, 0) is 12.7 Å². The summed E-state index contributed by atoms with van der Waals surface area (Å²) in [7, 11) is 0. The zero-order valence-electron chi connectivity index (χ0n) is 12.5. The first kappa shape index (κ1) is 17.2. The molecule has 0 aliphatic heterocycles. The molecule has 0 radical (unpaired) electrons. The number of alkyl halides is 3. The second-order valence-corrected chi connectivity index (χ2v) is 5.74. The quantitative estimate of drug-likeness (QED) is 0.476. The first-order chi connectivity index (χ1) is 11.7. The molecule has 1 aromatic heterocycles. The van der Waals surface area contributed by atoms with Crippen molar-refractivity contribution in [3.05, 3.63) is 63.7 Å². The summed E-state index contributed by atoms with van der Waals surface area (Å²) in [4.78, 5) is 17.8. The summed E-state index contributed by atoms with van der Waals surface area (Å²) in [5.74, 6) is -1.27. The molecule has 0 aliphatic rings. The van der Waals surface area contributed by atoms with Crippen molar-refractivity contribution in [3.8, 4) is 0 Å². The van der Waals surface area contributed by atoms with Gasteiger partial charge in [0.05, 0.1) is 22.2 Å². The molecule has 0 saturated heterocycles. The molecule has 0 atom stereocenters. The van der Waals surface area contributed by atoms with Crippen molar-refractivity contribution in [2.75, 3.05) is 0 Å². The fraction of sp³-hybridized carbons (Fsp3) is 0.125. The lowest BCUT2D eigenvalue weighted by atomic mass is 10.1. The van der Waals surface area contributed by atoms with Crippen LogP contribution < -0.4 is 5.32 Å². The van der Waals surface area contributed by atoms with Crippen LogP contribution in [0.1, 0.15) is 21.5 Å². The number of nitrogens with one attached hydrogen (secondary N) is 3. The predicted molar refractivity (Wildman–Crippen MR) is 86.1 cm³/mol. The van der Waals surface area contributed by atoms with E-state index in [1.54, 1.807) is 0 Å². The summed E-state index contributed by atoms with van der Waals surface area (Å²) in [5.41, 5.74) is 0.136. The molecule has 2 aromatic carbocycles. The minimum Gasteiger partial charge on any atom is -0.348 e. The maximum absolute atomic E-state index is 13.6. The molecule has 0 fully saturated rings. The second-order valence-electron chi connectivity index (χ2n) is 5.34. The van der Waals surface area contributed by atoms with Gasteiger partial charge in [0.15, 0.2) is 4.77 Å². The van der Waals surface area contributed by atoms with E-state index in [-0.39, 0.29) is 22.4 Å². The van der Waals surface area contributed by atoms with Crippen molar-refractivity contribution in [3.63, 3.8) is 0 Å². The Labute approximate surface area is 143 Å². The molecule has 3 aromatic rings. The van der Waals surface area contributed by atoms with Gasteiger partial charge in [-0.3, -0.25) is 4.79 Å². The molecule has 3 N–H and O–H groups in total. The number of carbonyl (C=O) groups is 1. The van der Waals surface area contributed by atoms with Gasteiger partial charge in [-0.25, -0.2) is 4.39 Å². The van der Waals surface area contributed by atoms with Gasteiger partial charge >= 0.3 is 6.18 Å². The van der Waals surface area contributed by atoms with E-state index < -0.39 is 23.5 Å². The fourth-order valence-corrected chi connectivity index (χ4v) is 2.63. The van der Waals surface area contributed by atoms with E-state index in [1.807, 2.05) is 0 Å². The van der Waals surface area contributed by atoms with Crippen LogP contribution in [0, 0.1) is 10.6 Å². The summed E-state index contributed by atoms with van der Waals surface area (Å²) in [5, 5.41) is 2.48. The van der Waals surface area contributed by atoms with Crippen LogP contribution in [0.5, 0.6) is 0 Å². The summed E-state index contributed by atoms with van der Waals surface area (Å²) >= 11 is 4.92. The Bertz CT molecular complexity index is 1010. The SMILES string of the molecule is O=C(NCc1cccc(C(F)(F)F)c1)c1cc(F)cc2[nH]c(=S)[nH]c12. The molecule has 4 nitrogen and oxygen atoms in total. The van der Waals surface area contributed by atoms with Crippen molar-refractivity contribution in [1.82, 2.24) is 15.3 Å². The maximum atomic E-state index is 13.6. The minimum atomic E-state index is -4.46. The standard InChI is InChI=1S/C16H11F4N3OS/c17-10-5-11(13-12(6-10)22-15(25)23-13)14(24)21-7-8-2-1-3-9(4-8)16(18,19)20/h1-6H,7H2,(H,21,24)(H2,22,23,25). The number of benzene rings is 2. The molecule has 1 amide bonds. The molecule has 0 saturated carbocycles. The van der Waals surface area contributed by atoms with Gasteiger partial charge in [-0.2, -0.15) is 13.2 Å². The predicted octanol–water partition coefficient (Wildman–Crippen LogP) is 4.31. The number of aromatic nitrogens is 2. The molecule has 0 unspecified atom stereocenters. The van der Waals surface area contributed by atoms with E-state index in [0.29, 0.717) is 11.0 Å². The molecule has 0 aliphatic carbocycles. The number of fused-ring (bicyclic) bond motifs is 1. The van der Waals surface area contributed by atoms with Crippen LogP contribution in [0.25, 0.3) is 11.0 Å². The number of H-pyrrole nitrogens is 2. The Morgan fingerprint density at radius 1 is 1.16 bits per heavy atom. The summed E-state index contributed by atoms with van der Waals surface area (Å²) in [6, 6.07) is 6.83. The average Bonchev–Trinajstić information content (AvgIpc) is 2.91. The third-order valence-electron chi connectivity index (χ3n) is 3.54. The lowest BCUT2D eigenvalue weighted by Gasteiger charge is -2.10. The highest BCUT2D eigenvalue weighted by atomic mass is 32.1. The molecule has 0 bridgehead atoms. The molecule has 1 heterocycles. The van der Waals surface area contributed by atoms with Crippen molar-refractivity contribution in [2.24, 2.45) is 0 Å². The van der Waals surface area contributed by atoms with Crippen LogP contribution in [0.2, 0.25) is 0 Å². The lowest BCUT2D eigenvalue weighted by molar-refractivity contribution is -0.137. The van der Waals surface area contributed by atoms with Gasteiger partial charge in [0.2, 0.25) is 0 Å². The molecule has 3 rings (SSSR count). The Morgan fingerprint density at radius 2 is 1.92 bits per heavy atom. The molecule has 9 heteroatoms. The van der Waals surface area contributed by atoms with Gasteiger partial charge in [0.25, 0.3) is 5.91 Å². The number of halogens is 4. The number of rotatable bonds is 3. The van der Waals surface area contributed by atoms with E-state index in [4.69, 9.17) is 12.2 Å². The summed E-state index contributed by atoms with van der Waals surface area (Å²) in [6.07, 6.45) is -4.46. The van der Waals surface area contributed by atoms with Gasteiger partial charge in [-0.05, 0) is 42.0 Å². The van der Waals surface area contributed by atoms with Crippen LogP contribution in [0.3, 0.4) is 0 Å². The van der Waals surface area contributed by atoms with Crippen molar-refractivity contribution in [2.45, 2.75) is 12.7 Å². The number of imidazole rings is 1. The van der Waals surface area contributed by atoms with Gasteiger partial charge in [0.1, 0.15) is 5.82 Å². The van der Waals surface area contributed by atoms with Crippen molar-refractivity contribution in [1.29, 1.82) is 0 Å². The third-order valence-corrected chi connectivity index (χ3v) is 3.75. The van der Waals surface area contributed by atoms with Crippen molar-refractivity contribution < 1.29 is 22.4 Å². The van der Waals surface area contributed by atoms with E-state index in [1.165, 1.54) is 18.2 Å². The molecule has 0 spiro atoms. The topological polar surface area (TPSA) is 60.7 Å². The maximum Gasteiger partial charge on any atom is 0.416 e. The number of hydrogen-bond acceptors (Lipinski definition) is 2. The first-order valence-corrected chi connectivity index (χ1v) is 7.51. The van der Waals surface area contributed by atoms with Crippen LogP contribution >= 0.6 is 12.2 Å².